The summed E-state index contributed by atoms with van der Waals surface area (Å²) in [7, 11) is 3.81. The van der Waals surface area contributed by atoms with Crippen molar-refractivity contribution in [3.63, 3.8) is 0 Å². The third-order valence-corrected chi connectivity index (χ3v) is 3.61. The van der Waals surface area contributed by atoms with Gasteiger partial charge in [-0.2, -0.15) is 0 Å². The molecule has 19 heavy (non-hydrogen) atoms. The molecule has 0 amide bonds. The summed E-state index contributed by atoms with van der Waals surface area (Å²) in [6.45, 7) is 5.74. The highest BCUT2D eigenvalue weighted by Crippen LogP contribution is 2.43. The second-order valence-corrected chi connectivity index (χ2v) is 5.78. The molecular weight excluding hydrogens is 242 g/mol. The van der Waals surface area contributed by atoms with E-state index in [1.54, 1.807) is 19.2 Å². The fourth-order valence-electron chi connectivity index (χ4n) is 2.59. The zero-order chi connectivity index (χ0) is 14.0. The largest absolute Gasteiger partial charge is 0.508 e. The number of benzene rings is 1. The lowest BCUT2D eigenvalue weighted by Gasteiger charge is -2.41. The Kier molecular flexibility index (Phi) is 4.02. The molecule has 4 heteroatoms. The number of methoxy groups -OCH3 is 1. The van der Waals surface area contributed by atoms with Crippen LogP contribution in [0.1, 0.15) is 31.9 Å². The highest BCUT2D eigenvalue weighted by atomic mass is 16.5. The molecule has 0 aromatic heterocycles. The van der Waals surface area contributed by atoms with Crippen LogP contribution in [0.4, 0.5) is 0 Å². The minimum Gasteiger partial charge on any atom is -0.508 e. The number of hydrogen-bond acceptors (Lipinski definition) is 4. The van der Waals surface area contributed by atoms with E-state index in [1.807, 2.05) is 6.07 Å². The third kappa shape index (κ3) is 3.19. The van der Waals surface area contributed by atoms with Crippen molar-refractivity contribution in [3.8, 4) is 11.5 Å². The van der Waals surface area contributed by atoms with E-state index in [1.165, 1.54) is 0 Å². The topological polar surface area (TPSA) is 41.9 Å². The summed E-state index contributed by atoms with van der Waals surface area (Å²) in [6, 6.07) is 5.66. The number of nitrogens with zero attached hydrogens (tertiary/aromatic N) is 1. The quantitative estimate of drug-likeness (QED) is 0.908. The molecular formula is C15H23NO3. The Balaban J connectivity index is 2.29. The zero-order valence-electron chi connectivity index (χ0n) is 12.1. The van der Waals surface area contributed by atoms with Crippen LogP contribution >= 0.6 is 0 Å². The van der Waals surface area contributed by atoms with E-state index in [-0.39, 0.29) is 17.4 Å². The minimum absolute atomic E-state index is 0.229. The molecule has 1 aromatic rings. The Morgan fingerprint density at radius 1 is 1.47 bits per heavy atom. The number of rotatable bonds is 4. The molecule has 1 N–H and O–H groups in total. The monoisotopic (exact) mass is 265 g/mol. The number of aromatic hydroxyl groups is 1. The van der Waals surface area contributed by atoms with Crippen molar-refractivity contribution in [1.82, 2.24) is 4.90 Å². The molecule has 106 valence electrons. The molecule has 4 nitrogen and oxygen atoms in total. The maximum Gasteiger partial charge on any atom is 0.128 e. The summed E-state index contributed by atoms with van der Waals surface area (Å²) in [4.78, 5) is 2.28. The van der Waals surface area contributed by atoms with Crippen molar-refractivity contribution in [3.05, 3.63) is 23.8 Å². The molecule has 1 aromatic carbocycles. The first-order chi connectivity index (χ1) is 8.93. The predicted molar refractivity (Wildman–Crippen MR) is 74.7 cm³/mol. The van der Waals surface area contributed by atoms with Crippen LogP contribution in [0.2, 0.25) is 0 Å². The molecule has 0 radical (unpaired) electrons. The normalized spacial score (nSPS) is 21.0. The second kappa shape index (κ2) is 5.39. The lowest BCUT2D eigenvalue weighted by Crippen LogP contribution is -2.41. The van der Waals surface area contributed by atoms with Gasteiger partial charge in [-0.3, -0.25) is 4.90 Å². The fraction of sp³-hybridized carbons (Fsp3) is 0.600. The summed E-state index contributed by atoms with van der Waals surface area (Å²) < 4.78 is 11.1. The van der Waals surface area contributed by atoms with E-state index in [0.717, 1.165) is 24.3 Å². The first-order valence-electron chi connectivity index (χ1n) is 6.64. The summed E-state index contributed by atoms with van der Waals surface area (Å²) >= 11 is 0. The zero-order valence-corrected chi connectivity index (χ0v) is 12.1. The van der Waals surface area contributed by atoms with Gasteiger partial charge in [0.05, 0.1) is 6.61 Å². The van der Waals surface area contributed by atoms with Crippen LogP contribution in [0.5, 0.6) is 11.5 Å². The van der Waals surface area contributed by atoms with E-state index >= 15 is 0 Å². The average Bonchev–Trinajstić information content (AvgIpc) is 2.33. The Labute approximate surface area is 114 Å². The number of likely N-dealkylation sites (N-methyl/N-ethyl adjacent to an activating group) is 1. The van der Waals surface area contributed by atoms with Crippen LogP contribution in [0.25, 0.3) is 0 Å². The first kappa shape index (κ1) is 14.2. The van der Waals surface area contributed by atoms with Crippen LogP contribution < -0.4 is 4.74 Å². The number of fused-ring (bicyclic) bond motifs is 1. The molecule has 2 rings (SSSR count). The van der Waals surface area contributed by atoms with Crippen molar-refractivity contribution < 1.29 is 14.6 Å². The number of hydrogen-bond donors (Lipinski definition) is 1. The molecule has 1 unspecified atom stereocenters. The van der Waals surface area contributed by atoms with E-state index < -0.39 is 0 Å². The Morgan fingerprint density at radius 3 is 2.89 bits per heavy atom. The SMILES string of the molecule is COCCN(C)C1CC(C)(C)Oc2cc(O)ccc21. The number of ether oxygens (including phenoxy) is 2. The van der Waals surface area contributed by atoms with Crippen LogP contribution in [0, 0.1) is 0 Å². The Hall–Kier alpha value is -1.26. The predicted octanol–water partition coefficient (Wildman–Crippen LogP) is 2.57. The van der Waals surface area contributed by atoms with Gasteiger partial charge in [-0.15, -0.1) is 0 Å². The number of phenols is 1. The second-order valence-electron chi connectivity index (χ2n) is 5.78. The maximum atomic E-state index is 9.61. The van der Waals surface area contributed by atoms with Gasteiger partial charge in [0.15, 0.2) is 0 Å². The van der Waals surface area contributed by atoms with E-state index in [0.29, 0.717) is 6.61 Å². The van der Waals surface area contributed by atoms with Gasteiger partial charge in [0, 0.05) is 37.7 Å². The van der Waals surface area contributed by atoms with E-state index in [4.69, 9.17) is 9.47 Å². The average molecular weight is 265 g/mol. The molecule has 1 aliphatic rings. The molecule has 0 saturated carbocycles. The molecule has 0 bridgehead atoms. The van der Waals surface area contributed by atoms with E-state index in [9.17, 15) is 5.11 Å². The van der Waals surface area contributed by atoms with Crippen LogP contribution in [-0.2, 0) is 4.74 Å². The van der Waals surface area contributed by atoms with Crippen molar-refractivity contribution in [2.24, 2.45) is 0 Å². The highest BCUT2D eigenvalue weighted by Gasteiger charge is 2.35. The Bertz CT molecular complexity index is 445. The van der Waals surface area contributed by atoms with Gasteiger partial charge in [0.25, 0.3) is 0 Å². The Morgan fingerprint density at radius 2 is 2.21 bits per heavy atom. The third-order valence-electron chi connectivity index (χ3n) is 3.61. The molecule has 0 aliphatic carbocycles. The van der Waals surface area contributed by atoms with Crippen molar-refractivity contribution >= 4 is 0 Å². The lowest BCUT2D eigenvalue weighted by atomic mass is 9.89. The van der Waals surface area contributed by atoms with E-state index in [2.05, 4.69) is 25.8 Å². The van der Waals surface area contributed by atoms with Crippen LogP contribution in [-0.4, -0.2) is 42.9 Å². The molecule has 1 aliphatic heterocycles. The lowest BCUT2D eigenvalue weighted by molar-refractivity contribution is 0.0302. The number of phenolic OH excluding ortho intramolecular Hbond substituents is 1. The van der Waals surface area contributed by atoms with Gasteiger partial charge >= 0.3 is 0 Å². The van der Waals surface area contributed by atoms with Gasteiger partial charge in [-0.1, -0.05) is 6.07 Å². The fourth-order valence-corrected chi connectivity index (χ4v) is 2.59. The summed E-state index contributed by atoms with van der Waals surface area (Å²) in [5.41, 5.74) is 0.906. The molecule has 0 saturated heterocycles. The van der Waals surface area contributed by atoms with Gasteiger partial charge in [-0.05, 0) is 27.0 Å². The first-order valence-corrected chi connectivity index (χ1v) is 6.64. The molecule has 1 heterocycles. The molecule has 0 spiro atoms. The highest BCUT2D eigenvalue weighted by molar-refractivity contribution is 5.44. The summed E-state index contributed by atoms with van der Waals surface area (Å²) in [5, 5.41) is 9.61. The van der Waals surface area contributed by atoms with Gasteiger partial charge in [-0.25, -0.2) is 0 Å². The maximum absolute atomic E-state index is 9.61. The van der Waals surface area contributed by atoms with Crippen molar-refractivity contribution in [2.75, 3.05) is 27.3 Å². The van der Waals surface area contributed by atoms with Crippen molar-refractivity contribution in [2.45, 2.75) is 31.9 Å². The van der Waals surface area contributed by atoms with Gasteiger partial charge in [0.2, 0.25) is 0 Å². The smallest absolute Gasteiger partial charge is 0.128 e. The minimum atomic E-state index is -0.229. The standard InChI is InChI=1S/C15H23NO3/c1-15(2)10-13(16(3)7-8-18-4)12-6-5-11(17)9-14(12)19-15/h5-6,9,13,17H,7-8,10H2,1-4H3. The van der Waals surface area contributed by atoms with Crippen molar-refractivity contribution in [1.29, 1.82) is 0 Å². The van der Waals surface area contributed by atoms with Gasteiger partial charge in [0.1, 0.15) is 17.1 Å². The van der Waals surface area contributed by atoms with Gasteiger partial charge < -0.3 is 14.6 Å². The summed E-state index contributed by atoms with van der Waals surface area (Å²) in [6.07, 6.45) is 0.922. The molecule has 0 fully saturated rings. The van der Waals surface area contributed by atoms with Crippen LogP contribution in [0.15, 0.2) is 18.2 Å². The molecule has 1 atom stereocenters. The van der Waals surface area contributed by atoms with Crippen LogP contribution in [0.3, 0.4) is 0 Å². The summed E-state index contributed by atoms with van der Waals surface area (Å²) in [5.74, 6) is 1.03.